The molecular formula is C16H27NO2. The summed E-state index contributed by atoms with van der Waals surface area (Å²) in [7, 11) is 0. The number of benzene rings is 1. The van der Waals surface area contributed by atoms with Gasteiger partial charge in [-0.2, -0.15) is 0 Å². The van der Waals surface area contributed by atoms with E-state index in [0.29, 0.717) is 18.6 Å². The Balaban J connectivity index is 2.40. The molecule has 0 heterocycles. The van der Waals surface area contributed by atoms with Crippen LogP contribution in [0, 0.1) is 5.92 Å². The summed E-state index contributed by atoms with van der Waals surface area (Å²) in [6, 6.07) is 8.37. The zero-order valence-electron chi connectivity index (χ0n) is 12.6. The highest BCUT2D eigenvalue weighted by atomic mass is 16.5. The molecule has 3 nitrogen and oxygen atoms in total. The van der Waals surface area contributed by atoms with Gasteiger partial charge in [-0.1, -0.05) is 26.0 Å². The third-order valence-electron chi connectivity index (χ3n) is 3.36. The van der Waals surface area contributed by atoms with Gasteiger partial charge in [-0.25, -0.2) is 0 Å². The fraction of sp³-hybridized carbons (Fsp3) is 0.625. The van der Waals surface area contributed by atoms with Crippen LogP contribution in [0.4, 0.5) is 0 Å². The van der Waals surface area contributed by atoms with Gasteiger partial charge in [-0.3, -0.25) is 0 Å². The molecule has 1 rings (SSSR count). The van der Waals surface area contributed by atoms with Crippen LogP contribution in [0.15, 0.2) is 24.3 Å². The lowest BCUT2D eigenvalue weighted by atomic mass is 10.0. The Kier molecular flexibility index (Phi) is 7.34. The summed E-state index contributed by atoms with van der Waals surface area (Å²) in [5.41, 5.74) is 0. The van der Waals surface area contributed by atoms with Crippen molar-refractivity contribution < 1.29 is 9.47 Å². The number of nitrogens with one attached hydrogen (secondary N) is 1. The summed E-state index contributed by atoms with van der Waals surface area (Å²) >= 11 is 0. The van der Waals surface area contributed by atoms with Gasteiger partial charge in [0.15, 0.2) is 11.5 Å². The van der Waals surface area contributed by atoms with Crippen LogP contribution in [-0.2, 0) is 0 Å². The molecule has 0 radical (unpaired) electrons. The van der Waals surface area contributed by atoms with Gasteiger partial charge in [0.05, 0.1) is 13.2 Å². The van der Waals surface area contributed by atoms with Crippen molar-refractivity contribution in [2.45, 2.75) is 40.2 Å². The summed E-state index contributed by atoms with van der Waals surface area (Å²) in [6.45, 7) is 11.0. The first kappa shape index (κ1) is 15.8. The maximum atomic E-state index is 5.84. The van der Waals surface area contributed by atoms with E-state index in [2.05, 4.69) is 26.1 Å². The minimum Gasteiger partial charge on any atom is -0.490 e. The van der Waals surface area contributed by atoms with Crippen molar-refractivity contribution in [3.8, 4) is 11.5 Å². The SMILES string of the molecule is CCNC(C)C(C)CCOc1ccccc1OCC. The van der Waals surface area contributed by atoms with Gasteiger partial charge >= 0.3 is 0 Å². The first-order valence-corrected chi connectivity index (χ1v) is 7.27. The molecule has 0 aliphatic carbocycles. The molecule has 3 heteroatoms. The van der Waals surface area contributed by atoms with Crippen molar-refractivity contribution in [2.75, 3.05) is 19.8 Å². The number of hydrogen-bond donors (Lipinski definition) is 1. The molecule has 0 aromatic heterocycles. The maximum absolute atomic E-state index is 5.84. The molecule has 0 aliphatic rings. The lowest BCUT2D eigenvalue weighted by Crippen LogP contribution is -2.32. The fourth-order valence-corrected chi connectivity index (χ4v) is 1.97. The zero-order chi connectivity index (χ0) is 14.1. The number of hydrogen-bond acceptors (Lipinski definition) is 3. The molecule has 2 atom stereocenters. The van der Waals surface area contributed by atoms with Crippen molar-refractivity contribution in [1.29, 1.82) is 0 Å². The van der Waals surface area contributed by atoms with E-state index in [-0.39, 0.29) is 0 Å². The second kappa shape index (κ2) is 8.81. The molecular weight excluding hydrogens is 238 g/mol. The van der Waals surface area contributed by atoms with E-state index in [1.807, 2.05) is 31.2 Å². The Labute approximate surface area is 117 Å². The van der Waals surface area contributed by atoms with Gasteiger partial charge in [-0.05, 0) is 44.9 Å². The largest absolute Gasteiger partial charge is 0.490 e. The van der Waals surface area contributed by atoms with Crippen LogP contribution in [0.5, 0.6) is 11.5 Å². The topological polar surface area (TPSA) is 30.5 Å². The summed E-state index contributed by atoms with van der Waals surface area (Å²) < 4.78 is 11.4. The second-order valence-corrected chi connectivity index (χ2v) is 4.84. The van der Waals surface area contributed by atoms with E-state index in [1.165, 1.54) is 0 Å². The molecule has 0 aliphatic heterocycles. The molecule has 0 saturated carbocycles. The first-order chi connectivity index (χ1) is 9.19. The van der Waals surface area contributed by atoms with Gasteiger partial charge in [0.2, 0.25) is 0 Å². The van der Waals surface area contributed by atoms with Crippen LogP contribution < -0.4 is 14.8 Å². The fourth-order valence-electron chi connectivity index (χ4n) is 1.97. The third kappa shape index (κ3) is 5.52. The molecule has 0 spiro atoms. The Morgan fingerprint density at radius 3 is 2.26 bits per heavy atom. The summed E-state index contributed by atoms with van der Waals surface area (Å²) in [5.74, 6) is 2.27. The van der Waals surface area contributed by atoms with Gasteiger partial charge in [-0.15, -0.1) is 0 Å². The Bertz CT molecular complexity index is 354. The molecule has 0 bridgehead atoms. The van der Waals surface area contributed by atoms with E-state index < -0.39 is 0 Å². The first-order valence-electron chi connectivity index (χ1n) is 7.27. The van der Waals surface area contributed by atoms with Gasteiger partial charge < -0.3 is 14.8 Å². The molecule has 0 saturated heterocycles. The lowest BCUT2D eigenvalue weighted by Gasteiger charge is -2.21. The smallest absolute Gasteiger partial charge is 0.161 e. The Hall–Kier alpha value is -1.22. The van der Waals surface area contributed by atoms with Crippen molar-refractivity contribution in [1.82, 2.24) is 5.32 Å². The van der Waals surface area contributed by atoms with Crippen LogP contribution in [0.25, 0.3) is 0 Å². The molecule has 1 aromatic rings. The number of ether oxygens (including phenoxy) is 2. The van der Waals surface area contributed by atoms with Crippen LogP contribution in [0.1, 0.15) is 34.1 Å². The lowest BCUT2D eigenvalue weighted by molar-refractivity contribution is 0.245. The normalized spacial score (nSPS) is 13.9. The molecule has 108 valence electrons. The average molecular weight is 265 g/mol. The highest BCUT2D eigenvalue weighted by molar-refractivity contribution is 5.39. The quantitative estimate of drug-likeness (QED) is 0.741. The maximum Gasteiger partial charge on any atom is 0.161 e. The molecule has 19 heavy (non-hydrogen) atoms. The van der Waals surface area contributed by atoms with Gasteiger partial charge in [0.1, 0.15) is 0 Å². The van der Waals surface area contributed by atoms with E-state index in [0.717, 1.165) is 31.1 Å². The summed E-state index contributed by atoms with van der Waals surface area (Å²) in [6.07, 6.45) is 1.04. The zero-order valence-corrected chi connectivity index (χ0v) is 12.6. The standard InChI is InChI=1S/C16H27NO2/c1-5-17-14(4)13(3)11-12-19-16-10-8-7-9-15(16)18-6-2/h7-10,13-14,17H,5-6,11-12H2,1-4H3. The minimum absolute atomic E-state index is 0.524. The molecule has 2 unspecified atom stereocenters. The number of para-hydroxylation sites is 2. The molecule has 1 aromatic carbocycles. The van der Waals surface area contributed by atoms with Gasteiger partial charge in [0, 0.05) is 6.04 Å². The molecule has 0 fully saturated rings. The van der Waals surface area contributed by atoms with Crippen LogP contribution >= 0.6 is 0 Å². The number of rotatable bonds is 9. The Morgan fingerprint density at radius 1 is 1.05 bits per heavy atom. The van der Waals surface area contributed by atoms with E-state index in [9.17, 15) is 0 Å². The predicted octanol–water partition coefficient (Wildman–Crippen LogP) is 3.49. The Morgan fingerprint density at radius 2 is 1.68 bits per heavy atom. The van der Waals surface area contributed by atoms with Crippen molar-refractivity contribution in [2.24, 2.45) is 5.92 Å². The summed E-state index contributed by atoms with van der Waals surface area (Å²) in [5, 5.41) is 3.45. The van der Waals surface area contributed by atoms with E-state index in [4.69, 9.17) is 9.47 Å². The molecule has 1 N–H and O–H groups in total. The predicted molar refractivity (Wildman–Crippen MR) is 80.0 cm³/mol. The van der Waals surface area contributed by atoms with E-state index in [1.54, 1.807) is 0 Å². The molecule has 0 amide bonds. The minimum atomic E-state index is 0.524. The third-order valence-corrected chi connectivity index (χ3v) is 3.36. The average Bonchev–Trinajstić information content (AvgIpc) is 2.41. The van der Waals surface area contributed by atoms with E-state index >= 15 is 0 Å². The van der Waals surface area contributed by atoms with Crippen LogP contribution in [0.3, 0.4) is 0 Å². The van der Waals surface area contributed by atoms with Crippen molar-refractivity contribution in [3.63, 3.8) is 0 Å². The van der Waals surface area contributed by atoms with Crippen LogP contribution in [-0.4, -0.2) is 25.8 Å². The summed E-state index contributed by atoms with van der Waals surface area (Å²) in [4.78, 5) is 0. The van der Waals surface area contributed by atoms with Gasteiger partial charge in [0.25, 0.3) is 0 Å². The highest BCUT2D eigenvalue weighted by Gasteiger charge is 2.11. The van der Waals surface area contributed by atoms with Crippen molar-refractivity contribution >= 4 is 0 Å². The van der Waals surface area contributed by atoms with Crippen molar-refractivity contribution in [3.05, 3.63) is 24.3 Å². The second-order valence-electron chi connectivity index (χ2n) is 4.84. The van der Waals surface area contributed by atoms with Crippen LogP contribution in [0.2, 0.25) is 0 Å². The monoisotopic (exact) mass is 265 g/mol. The highest BCUT2D eigenvalue weighted by Crippen LogP contribution is 2.26.